The van der Waals surface area contributed by atoms with Crippen molar-refractivity contribution in [2.24, 2.45) is 0 Å². The van der Waals surface area contributed by atoms with Crippen molar-refractivity contribution in [2.75, 3.05) is 7.11 Å². The molecule has 0 spiro atoms. The van der Waals surface area contributed by atoms with Gasteiger partial charge in [0.05, 0.1) is 24.7 Å². The zero-order valence-electron chi connectivity index (χ0n) is 8.14. The molecule has 0 unspecified atom stereocenters. The van der Waals surface area contributed by atoms with Crippen molar-refractivity contribution in [2.45, 2.75) is 6.92 Å². The Morgan fingerprint density at radius 1 is 1.36 bits per heavy atom. The molecular weight excluding hydrogens is 178 g/mol. The van der Waals surface area contributed by atoms with E-state index in [2.05, 4.69) is 10.2 Å². The highest BCUT2D eigenvalue weighted by molar-refractivity contribution is 5.37. The van der Waals surface area contributed by atoms with Gasteiger partial charge in [0.15, 0.2) is 0 Å². The van der Waals surface area contributed by atoms with Crippen LogP contribution in [0, 0.1) is 6.92 Å². The molecule has 1 aromatic heterocycles. The first-order chi connectivity index (χ1) is 6.79. The van der Waals surface area contributed by atoms with E-state index in [1.165, 1.54) is 0 Å². The van der Waals surface area contributed by atoms with Crippen molar-refractivity contribution >= 4 is 0 Å². The normalized spacial score (nSPS) is 10.1. The van der Waals surface area contributed by atoms with E-state index in [0.29, 0.717) is 0 Å². The fraction of sp³-hybridized carbons (Fsp3) is 0.200. The number of benzene rings is 1. The number of hydrogen-bond acceptors (Lipinski definition) is 3. The minimum Gasteiger partial charge on any atom is -0.497 e. The summed E-state index contributed by atoms with van der Waals surface area (Å²) in [6.07, 6.45) is 1.72. The minimum absolute atomic E-state index is 0.803. The van der Waals surface area contributed by atoms with E-state index in [1.54, 1.807) is 18.1 Å². The van der Waals surface area contributed by atoms with E-state index < -0.39 is 0 Å². The van der Waals surface area contributed by atoms with Gasteiger partial charge in [-0.25, -0.2) is 0 Å². The molecule has 0 aliphatic carbocycles. The maximum Gasteiger partial charge on any atom is 0.121 e. The summed E-state index contributed by atoms with van der Waals surface area (Å²) in [5, 5.41) is 8.32. The molecule has 0 fully saturated rings. The summed E-state index contributed by atoms with van der Waals surface area (Å²) < 4.78 is 5.11. The van der Waals surface area contributed by atoms with Gasteiger partial charge in [-0.1, -0.05) is 6.07 Å². The maximum absolute atomic E-state index is 5.11. The second-order valence-corrected chi connectivity index (χ2v) is 2.98. The summed E-state index contributed by atoms with van der Waals surface area (Å²) in [5.41, 5.74) is 1.80. The average molecular weight is 189 g/mol. The quantitative estimate of drug-likeness (QED) is 0.720. The highest BCUT2D eigenvalue weighted by Gasteiger charge is 2.00. The zero-order chi connectivity index (χ0) is 9.97. The zero-order valence-corrected chi connectivity index (χ0v) is 8.14. The predicted molar refractivity (Wildman–Crippen MR) is 52.6 cm³/mol. The van der Waals surface area contributed by atoms with E-state index >= 15 is 0 Å². The summed E-state index contributed by atoms with van der Waals surface area (Å²) in [7, 11) is 1.64. The van der Waals surface area contributed by atoms with Gasteiger partial charge in [0.1, 0.15) is 5.75 Å². The lowest BCUT2D eigenvalue weighted by molar-refractivity contribution is 0.414. The van der Waals surface area contributed by atoms with Crippen LogP contribution >= 0.6 is 0 Å². The van der Waals surface area contributed by atoms with Gasteiger partial charge in [-0.3, -0.25) is 0 Å². The van der Waals surface area contributed by atoms with Crippen LogP contribution in [0.1, 0.15) is 5.69 Å². The lowest BCUT2D eigenvalue weighted by atomic mass is 10.3. The Labute approximate surface area is 82.1 Å². The average Bonchev–Trinajstić information content (AvgIpc) is 2.65. The standard InChI is InChI=1S/C10H11N3O/c1-8-7-11-13(12-8)9-4-3-5-10(6-9)14-2/h3-7H,1-2H3. The van der Waals surface area contributed by atoms with Gasteiger partial charge >= 0.3 is 0 Å². The largest absolute Gasteiger partial charge is 0.497 e. The number of hydrogen-bond donors (Lipinski definition) is 0. The summed E-state index contributed by atoms with van der Waals surface area (Å²) in [4.78, 5) is 1.58. The molecule has 4 nitrogen and oxygen atoms in total. The molecule has 0 atom stereocenters. The molecule has 0 aliphatic heterocycles. The SMILES string of the molecule is COc1cccc(-n2ncc(C)n2)c1. The Morgan fingerprint density at radius 3 is 2.86 bits per heavy atom. The van der Waals surface area contributed by atoms with Crippen LogP contribution < -0.4 is 4.74 Å². The first kappa shape index (κ1) is 8.74. The third kappa shape index (κ3) is 1.59. The van der Waals surface area contributed by atoms with Crippen molar-refractivity contribution in [3.63, 3.8) is 0 Å². The van der Waals surface area contributed by atoms with Gasteiger partial charge in [0.25, 0.3) is 0 Å². The van der Waals surface area contributed by atoms with Crippen molar-refractivity contribution in [1.82, 2.24) is 15.0 Å². The Morgan fingerprint density at radius 2 is 2.21 bits per heavy atom. The molecule has 0 N–H and O–H groups in total. The molecule has 0 bridgehead atoms. The molecule has 14 heavy (non-hydrogen) atoms. The van der Waals surface area contributed by atoms with Crippen LogP contribution in [0.2, 0.25) is 0 Å². The fourth-order valence-electron chi connectivity index (χ4n) is 1.20. The third-order valence-electron chi connectivity index (χ3n) is 1.89. The van der Waals surface area contributed by atoms with Gasteiger partial charge < -0.3 is 4.74 Å². The molecule has 2 aromatic rings. The topological polar surface area (TPSA) is 39.9 Å². The lowest BCUT2D eigenvalue weighted by Crippen LogP contribution is -1.98. The number of rotatable bonds is 2. The van der Waals surface area contributed by atoms with Gasteiger partial charge in [-0.15, -0.1) is 0 Å². The molecule has 4 heteroatoms. The first-order valence-electron chi connectivity index (χ1n) is 4.33. The number of aryl methyl sites for hydroxylation is 1. The van der Waals surface area contributed by atoms with E-state index in [9.17, 15) is 0 Å². The van der Waals surface area contributed by atoms with Crippen LogP contribution in [0.3, 0.4) is 0 Å². The van der Waals surface area contributed by atoms with Crippen molar-refractivity contribution in [3.05, 3.63) is 36.2 Å². The van der Waals surface area contributed by atoms with Gasteiger partial charge in [0, 0.05) is 6.07 Å². The van der Waals surface area contributed by atoms with Crippen molar-refractivity contribution in [1.29, 1.82) is 0 Å². The molecule has 0 saturated heterocycles. The van der Waals surface area contributed by atoms with Crippen LogP contribution in [0.4, 0.5) is 0 Å². The Kier molecular flexibility index (Phi) is 2.18. The van der Waals surface area contributed by atoms with Gasteiger partial charge in [0.2, 0.25) is 0 Å². The second-order valence-electron chi connectivity index (χ2n) is 2.98. The van der Waals surface area contributed by atoms with E-state index in [4.69, 9.17) is 4.74 Å². The number of aromatic nitrogens is 3. The van der Waals surface area contributed by atoms with E-state index in [1.807, 2.05) is 31.2 Å². The van der Waals surface area contributed by atoms with Crippen LogP contribution in [0.5, 0.6) is 5.75 Å². The smallest absolute Gasteiger partial charge is 0.121 e. The summed E-state index contributed by atoms with van der Waals surface area (Å²) in [6.45, 7) is 1.91. The van der Waals surface area contributed by atoms with Crippen LogP contribution in [-0.4, -0.2) is 22.1 Å². The third-order valence-corrected chi connectivity index (χ3v) is 1.89. The Hall–Kier alpha value is -1.84. The Balaban J connectivity index is 2.41. The van der Waals surface area contributed by atoms with Crippen LogP contribution in [-0.2, 0) is 0 Å². The molecule has 0 radical (unpaired) electrons. The predicted octanol–water partition coefficient (Wildman–Crippen LogP) is 1.58. The number of methoxy groups -OCH3 is 1. The minimum atomic E-state index is 0.803. The summed E-state index contributed by atoms with van der Waals surface area (Å²) >= 11 is 0. The molecule has 0 amide bonds. The summed E-state index contributed by atoms with van der Waals surface area (Å²) in [5.74, 6) is 0.803. The molecule has 1 heterocycles. The molecule has 0 aliphatic rings. The van der Waals surface area contributed by atoms with Gasteiger partial charge in [-0.2, -0.15) is 15.0 Å². The number of ether oxygens (including phenoxy) is 1. The summed E-state index contributed by atoms with van der Waals surface area (Å²) in [6, 6.07) is 7.62. The molecule has 2 rings (SSSR count). The number of nitrogens with zero attached hydrogens (tertiary/aromatic N) is 3. The molecular formula is C10H11N3O. The van der Waals surface area contributed by atoms with E-state index in [-0.39, 0.29) is 0 Å². The molecule has 0 saturated carbocycles. The molecule has 1 aromatic carbocycles. The lowest BCUT2D eigenvalue weighted by Gasteiger charge is -2.02. The van der Waals surface area contributed by atoms with Crippen LogP contribution in [0.15, 0.2) is 30.5 Å². The highest BCUT2D eigenvalue weighted by Crippen LogP contribution is 2.14. The maximum atomic E-state index is 5.11. The molecule has 72 valence electrons. The van der Waals surface area contributed by atoms with Crippen LogP contribution in [0.25, 0.3) is 5.69 Å². The monoisotopic (exact) mass is 189 g/mol. The highest BCUT2D eigenvalue weighted by atomic mass is 16.5. The van der Waals surface area contributed by atoms with E-state index in [0.717, 1.165) is 17.1 Å². The Bertz CT molecular complexity index is 436. The van der Waals surface area contributed by atoms with Gasteiger partial charge in [-0.05, 0) is 19.1 Å². The van der Waals surface area contributed by atoms with Crippen molar-refractivity contribution < 1.29 is 4.74 Å². The fourth-order valence-corrected chi connectivity index (χ4v) is 1.20. The van der Waals surface area contributed by atoms with Crippen molar-refractivity contribution in [3.8, 4) is 11.4 Å². The first-order valence-corrected chi connectivity index (χ1v) is 4.33. The second kappa shape index (κ2) is 3.49.